The smallest absolute Gasteiger partial charge is 0.225 e. The molecule has 1 unspecified atom stereocenters. The number of benzene rings is 1. The van der Waals surface area contributed by atoms with Gasteiger partial charge in [-0.25, -0.2) is 0 Å². The van der Waals surface area contributed by atoms with Crippen LogP contribution in [0.4, 0.5) is 0 Å². The average Bonchev–Trinajstić information content (AvgIpc) is 3.16. The van der Waals surface area contributed by atoms with Crippen molar-refractivity contribution in [3.8, 4) is 5.75 Å². The van der Waals surface area contributed by atoms with Crippen molar-refractivity contribution >= 4 is 17.2 Å². The van der Waals surface area contributed by atoms with E-state index in [1.54, 1.807) is 18.4 Å². The molecule has 1 N–H and O–H groups in total. The Morgan fingerprint density at radius 2 is 2.08 bits per heavy atom. The van der Waals surface area contributed by atoms with Gasteiger partial charge in [0.1, 0.15) is 5.75 Å². The van der Waals surface area contributed by atoms with Gasteiger partial charge in [-0.15, -0.1) is 11.3 Å². The van der Waals surface area contributed by atoms with E-state index in [4.69, 9.17) is 9.47 Å². The maximum atomic E-state index is 12.3. The third-order valence-electron chi connectivity index (χ3n) is 4.39. The summed E-state index contributed by atoms with van der Waals surface area (Å²) in [6, 6.07) is 12.1. The van der Waals surface area contributed by atoms with Crippen LogP contribution < -0.4 is 10.1 Å². The Hall–Kier alpha value is -1.89. The molecule has 1 amide bonds. The third kappa shape index (κ3) is 4.81. The molecule has 3 rings (SSSR count). The van der Waals surface area contributed by atoms with Crippen molar-refractivity contribution in [1.82, 2.24) is 10.2 Å². The van der Waals surface area contributed by atoms with E-state index in [1.165, 1.54) is 0 Å². The Kier molecular flexibility index (Phi) is 6.44. The lowest BCUT2D eigenvalue weighted by Crippen LogP contribution is -2.44. The van der Waals surface area contributed by atoms with Crippen LogP contribution in [0.15, 0.2) is 41.8 Å². The van der Waals surface area contributed by atoms with Gasteiger partial charge in [0.25, 0.3) is 0 Å². The zero-order valence-electron chi connectivity index (χ0n) is 14.4. The lowest BCUT2D eigenvalue weighted by Gasteiger charge is -2.35. The normalized spacial score (nSPS) is 16.4. The number of nitrogens with one attached hydrogen (secondary N) is 1. The summed E-state index contributed by atoms with van der Waals surface area (Å²) in [6.45, 7) is 3.70. The van der Waals surface area contributed by atoms with Crippen LogP contribution in [-0.2, 0) is 16.0 Å². The second-order valence-corrected chi connectivity index (χ2v) is 7.00. The van der Waals surface area contributed by atoms with Gasteiger partial charge in [-0.2, -0.15) is 0 Å². The first kappa shape index (κ1) is 17.9. The van der Waals surface area contributed by atoms with Gasteiger partial charge in [0.15, 0.2) is 0 Å². The fraction of sp³-hybridized carbons (Fsp3) is 0.421. The van der Waals surface area contributed by atoms with Crippen LogP contribution in [0.5, 0.6) is 5.75 Å². The summed E-state index contributed by atoms with van der Waals surface area (Å²) in [5, 5.41) is 5.09. The lowest BCUT2D eigenvalue weighted by molar-refractivity contribution is -0.120. The number of hydrogen-bond acceptors (Lipinski definition) is 5. The van der Waals surface area contributed by atoms with Gasteiger partial charge >= 0.3 is 0 Å². The summed E-state index contributed by atoms with van der Waals surface area (Å²) in [7, 11) is 1.69. The summed E-state index contributed by atoms with van der Waals surface area (Å²) >= 11 is 1.61. The molecule has 25 heavy (non-hydrogen) atoms. The molecular formula is C19H24N2O3S. The SMILES string of the molecule is COc1ccccc1C(CNC(=O)Cc1cccs1)N1CCOCC1. The van der Waals surface area contributed by atoms with Crippen LogP contribution in [0.2, 0.25) is 0 Å². The van der Waals surface area contributed by atoms with Crippen LogP contribution in [0.3, 0.4) is 0 Å². The third-order valence-corrected chi connectivity index (χ3v) is 5.27. The van der Waals surface area contributed by atoms with E-state index < -0.39 is 0 Å². The van der Waals surface area contributed by atoms with Crippen LogP contribution in [0, 0.1) is 0 Å². The predicted molar refractivity (Wildman–Crippen MR) is 99.2 cm³/mol. The minimum Gasteiger partial charge on any atom is -0.496 e. The summed E-state index contributed by atoms with van der Waals surface area (Å²) in [6.07, 6.45) is 0.430. The zero-order valence-corrected chi connectivity index (χ0v) is 15.3. The van der Waals surface area contributed by atoms with Gasteiger partial charge in [0, 0.05) is 30.1 Å². The highest BCUT2D eigenvalue weighted by molar-refractivity contribution is 7.10. The average molecular weight is 360 g/mol. The zero-order chi connectivity index (χ0) is 17.5. The number of hydrogen-bond donors (Lipinski definition) is 1. The molecule has 1 aliphatic rings. The molecule has 5 nitrogen and oxygen atoms in total. The quantitative estimate of drug-likeness (QED) is 0.824. The number of para-hydroxylation sites is 1. The molecule has 0 saturated carbocycles. The van der Waals surface area contributed by atoms with Crippen molar-refractivity contribution in [3.05, 3.63) is 52.2 Å². The fourth-order valence-electron chi connectivity index (χ4n) is 3.11. The van der Waals surface area contributed by atoms with Gasteiger partial charge in [-0.3, -0.25) is 9.69 Å². The Balaban J connectivity index is 1.71. The molecular weight excluding hydrogens is 336 g/mol. The van der Waals surface area contributed by atoms with E-state index in [2.05, 4.69) is 16.3 Å². The van der Waals surface area contributed by atoms with Crippen molar-refractivity contribution in [2.24, 2.45) is 0 Å². The topological polar surface area (TPSA) is 50.8 Å². The van der Waals surface area contributed by atoms with E-state index in [0.29, 0.717) is 13.0 Å². The molecule has 2 heterocycles. The van der Waals surface area contributed by atoms with E-state index in [-0.39, 0.29) is 11.9 Å². The van der Waals surface area contributed by atoms with Crippen molar-refractivity contribution in [2.45, 2.75) is 12.5 Å². The summed E-state index contributed by atoms with van der Waals surface area (Å²) < 4.78 is 11.0. The largest absolute Gasteiger partial charge is 0.496 e. The number of carbonyl (C=O) groups excluding carboxylic acids is 1. The first-order valence-corrected chi connectivity index (χ1v) is 9.39. The van der Waals surface area contributed by atoms with Crippen LogP contribution in [0.1, 0.15) is 16.5 Å². The molecule has 1 fully saturated rings. The molecule has 0 aliphatic carbocycles. The maximum Gasteiger partial charge on any atom is 0.225 e. The van der Waals surface area contributed by atoms with Gasteiger partial charge in [0.2, 0.25) is 5.91 Å². The van der Waals surface area contributed by atoms with Crippen LogP contribution in [-0.4, -0.2) is 50.8 Å². The monoisotopic (exact) mass is 360 g/mol. The van der Waals surface area contributed by atoms with Crippen molar-refractivity contribution in [1.29, 1.82) is 0 Å². The minimum atomic E-state index is 0.0515. The number of nitrogens with zero attached hydrogens (tertiary/aromatic N) is 1. The highest BCUT2D eigenvalue weighted by Crippen LogP contribution is 2.29. The molecule has 1 atom stereocenters. The molecule has 0 spiro atoms. The highest BCUT2D eigenvalue weighted by Gasteiger charge is 2.25. The van der Waals surface area contributed by atoms with E-state index >= 15 is 0 Å². The van der Waals surface area contributed by atoms with Gasteiger partial charge in [0.05, 0.1) is 32.8 Å². The number of rotatable bonds is 7. The Bertz CT molecular complexity index is 669. The standard InChI is InChI=1S/C19H24N2O3S/c1-23-18-7-3-2-6-16(18)17(21-8-10-24-11-9-21)14-20-19(22)13-15-5-4-12-25-15/h2-7,12,17H,8-11,13-14H2,1H3,(H,20,22). The minimum absolute atomic E-state index is 0.0515. The molecule has 6 heteroatoms. The van der Waals surface area contributed by atoms with Crippen molar-refractivity contribution in [2.75, 3.05) is 40.0 Å². The number of amides is 1. The highest BCUT2D eigenvalue weighted by atomic mass is 32.1. The van der Waals surface area contributed by atoms with E-state index in [1.807, 2.05) is 35.7 Å². The molecule has 0 bridgehead atoms. The maximum absolute atomic E-state index is 12.3. The lowest BCUT2D eigenvalue weighted by atomic mass is 10.0. The van der Waals surface area contributed by atoms with Crippen molar-refractivity contribution in [3.63, 3.8) is 0 Å². The number of ether oxygens (including phenoxy) is 2. The molecule has 134 valence electrons. The Labute approximate surface area is 152 Å². The van der Waals surface area contributed by atoms with E-state index in [9.17, 15) is 4.79 Å². The van der Waals surface area contributed by atoms with Gasteiger partial charge in [-0.1, -0.05) is 24.3 Å². The first-order valence-electron chi connectivity index (χ1n) is 8.51. The molecule has 1 aromatic carbocycles. The molecule has 0 radical (unpaired) electrons. The van der Waals surface area contributed by atoms with Crippen molar-refractivity contribution < 1.29 is 14.3 Å². The molecule has 1 aromatic heterocycles. The second kappa shape index (κ2) is 8.99. The predicted octanol–water partition coefficient (Wildman–Crippen LogP) is 2.49. The fourth-order valence-corrected chi connectivity index (χ4v) is 3.81. The number of thiophene rings is 1. The number of methoxy groups -OCH3 is 1. The van der Waals surface area contributed by atoms with Gasteiger partial charge < -0.3 is 14.8 Å². The number of carbonyl (C=O) groups is 1. The van der Waals surface area contributed by atoms with Crippen LogP contribution in [0.25, 0.3) is 0 Å². The Morgan fingerprint density at radius 3 is 2.80 bits per heavy atom. The first-order chi connectivity index (χ1) is 12.3. The summed E-state index contributed by atoms with van der Waals surface area (Å²) in [5.41, 5.74) is 1.10. The summed E-state index contributed by atoms with van der Waals surface area (Å²) in [5.74, 6) is 0.905. The van der Waals surface area contributed by atoms with E-state index in [0.717, 1.165) is 42.5 Å². The second-order valence-electron chi connectivity index (χ2n) is 5.97. The molecule has 1 saturated heterocycles. The Morgan fingerprint density at radius 1 is 1.28 bits per heavy atom. The summed E-state index contributed by atoms with van der Waals surface area (Å²) in [4.78, 5) is 15.7. The number of morpholine rings is 1. The van der Waals surface area contributed by atoms with Gasteiger partial charge in [-0.05, 0) is 17.5 Å². The molecule has 1 aliphatic heterocycles. The van der Waals surface area contributed by atoms with Crippen LogP contribution >= 0.6 is 11.3 Å². The molecule has 2 aromatic rings.